The molecule has 3 heteroatoms. The van der Waals surface area contributed by atoms with Gasteiger partial charge in [-0.3, -0.25) is 0 Å². The zero-order valence-electron chi connectivity index (χ0n) is 12.8. The van der Waals surface area contributed by atoms with E-state index in [1.807, 2.05) is 11.3 Å². The number of rotatable bonds is 6. The maximum atomic E-state index is 3.67. The highest BCUT2D eigenvalue weighted by Crippen LogP contribution is 2.26. The zero-order chi connectivity index (χ0) is 13.8. The van der Waals surface area contributed by atoms with Crippen molar-refractivity contribution in [3.05, 3.63) is 21.4 Å². The minimum Gasteiger partial charge on any atom is -0.309 e. The van der Waals surface area contributed by atoms with Crippen LogP contribution in [0.2, 0.25) is 0 Å². The molecular formula is C16H28N2S. The van der Waals surface area contributed by atoms with Crippen LogP contribution in [-0.4, -0.2) is 31.1 Å². The molecule has 0 aliphatic heterocycles. The summed E-state index contributed by atoms with van der Waals surface area (Å²) in [6.07, 6.45) is 5.64. The van der Waals surface area contributed by atoms with E-state index in [-0.39, 0.29) is 0 Å². The van der Waals surface area contributed by atoms with Crippen molar-refractivity contribution >= 4 is 11.3 Å². The molecule has 1 aliphatic rings. The van der Waals surface area contributed by atoms with E-state index in [1.54, 1.807) is 0 Å². The van der Waals surface area contributed by atoms with Gasteiger partial charge in [-0.1, -0.05) is 12.8 Å². The summed E-state index contributed by atoms with van der Waals surface area (Å²) in [6.45, 7) is 8.96. The SMILES string of the molecule is Cc1cc(C(C)NCCN(C)C2CCCC2)c(C)s1. The van der Waals surface area contributed by atoms with Gasteiger partial charge in [0.1, 0.15) is 0 Å². The fourth-order valence-electron chi connectivity index (χ4n) is 3.18. The summed E-state index contributed by atoms with van der Waals surface area (Å²) >= 11 is 1.91. The van der Waals surface area contributed by atoms with Crippen molar-refractivity contribution in [1.29, 1.82) is 0 Å². The molecular weight excluding hydrogens is 252 g/mol. The smallest absolute Gasteiger partial charge is 0.0303 e. The third-order valence-corrected chi connectivity index (χ3v) is 5.39. The Balaban J connectivity index is 1.74. The van der Waals surface area contributed by atoms with Crippen LogP contribution in [0, 0.1) is 13.8 Å². The molecule has 1 fully saturated rings. The average Bonchev–Trinajstić information content (AvgIpc) is 2.98. The van der Waals surface area contributed by atoms with Crippen LogP contribution in [0.25, 0.3) is 0 Å². The van der Waals surface area contributed by atoms with Crippen LogP contribution >= 0.6 is 11.3 Å². The number of nitrogens with zero attached hydrogens (tertiary/aromatic N) is 1. The lowest BCUT2D eigenvalue weighted by molar-refractivity contribution is 0.243. The predicted molar refractivity (Wildman–Crippen MR) is 85.1 cm³/mol. The van der Waals surface area contributed by atoms with E-state index in [4.69, 9.17) is 0 Å². The molecule has 1 heterocycles. The molecule has 1 aromatic rings. The lowest BCUT2D eigenvalue weighted by Gasteiger charge is -2.25. The first-order chi connectivity index (χ1) is 9.08. The Bertz CT molecular complexity index is 393. The highest BCUT2D eigenvalue weighted by atomic mass is 32.1. The van der Waals surface area contributed by atoms with E-state index in [0.717, 1.165) is 19.1 Å². The monoisotopic (exact) mass is 280 g/mol. The van der Waals surface area contributed by atoms with Crippen molar-refractivity contribution in [3.8, 4) is 0 Å². The minimum atomic E-state index is 0.474. The summed E-state index contributed by atoms with van der Waals surface area (Å²) < 4.78 is 0. The van der Waals surface area contributed by atoms with Gasteiger partial charge < -0.3 is 10.2 Å². The van der Waals surface area contributed by atoms with E-state index < -0.39 is 0 Å². The van der Waals surface area contributed by atoms with Crippen LogP contribution in [0.15, 0.2) is 6.07 Å². The van der Waals surface area contributed by atoms with Gasteiger partial charge in [0.15, 0.2) is 0 Å². The highest BCUT2D eigenvalue weighted by Gasteiger charge is 2.19. The molecule has 0 radical (unpaired) electrons. The number of likely N-dealkylation sites (N-methyl/N-ethyl adjacent to an activating group) is 1. The summed E-state index contributed by atoms with van der Waals surface area (Å²) in [6, 6.07) is 3.64. The largest absolute Gasteiger partial charge is 0.309 e. The van der Waals surface area contributed by atoms with Gasteiger partial charge in [-0.15, -0.1) is 11.3 Å². The average molecular weight is 280 g/mol. The Morgan fingerprint density at radius 2 is 2.05 bits per heavy atom. The molecule has 0 amide bonds. The topological polar surface area (TPSA) is 15.3 Å². The molecule has 2 nitrogen and oxygen atoms in total. The van der Waals surface area contributed by atoms with Crippen LogP contribution in [0.5, 0.6) is 0 Å². The zero-order valence-corrected chi connectivity index (χ0v) is 13.6. The van der Waals surface area contributed by atoms with Gasteiger partial charge in [-0.05, 0) is 52.3 Å². The quantitative estimate of drug-likeness (QED) is 0.850. The fraction of sp³-hybridized carbons (Fsp3) is 0.750. The molecule has 2 rings (SSSR count). The van der Waals surface area contributed by atoms with Gasteiger partial charge in [-0.2, -0.15) is 0 Å². The predicted octanol–water partition coefficient (Wildman–Crippen LogP) is 3.89. The summed E-state index contributed by atoms with van der Waals surface area (Å²) in [7, 11) is 2.28. The number of hydrogen-bond acceptors (Lipinski definition) is 3. The second-order valence-corrected chi connectivity index (χ2v) is 7.42. The second-order valence-electron chi connectivity index (χ2n) is 5.96. The van der Waals surface area contributed by atoms with E-state index in [2.05, 4.69) is 44.1 Å². The maximum Gasteiger partial charge on any atom is 0.0303 e. The molecule has 108 valence electrons. The Hall–Kier alpha value is -0.380. The molecule has 1 saturated carbocycles. The molecule has 0 saturated heterocycles. The minimum absolute atomic E-state index is 0.474. The van der Waals surface area contributed by atoms with Crippen molar-refractivity contribution < 1.29 is 0 Å². The van der Waals surface area contributed by atoms with Gasteiger partial charge in [0.2, 0.25) is 0 Å². The van der Waals surface area contributed by atoms with Crippen molar-refractivity contribution in [2.24, 2.45) is 0 Å². The summed E-state index contributed by atoms with van der Waals surface area (Å²) in [5.41, 5.74) is 1.48. The van der Waals surface area contributed by atoms with Gasteiger partial charge in [0, 0.05) is 34.9 Å². The number of hydrogen-bond donors (Lipinski definition) is 1. The molecule has 19 heavy (non-hydrogen) atoms. The molecule has 1 aromatic heterocycles. The fourth-order valence-corrected chi connectivity index (χ4v) is 4.20. The van der Waals surface area contributed by atoms with Crippen molar-refractivity contribution in [2.75, 3.05) is 20.1 Å². The van der Waals surface area contributed by atoms with E-state index in [1.165, 1.54) is 41.0 Å². The second kappa shape index (κ2) is 6.87. The van der Waals surface area contributed by atoms with Crippen molar-refractivity contribution in [2.45, 2.75) is 58.5 Å². The van der Waals surface area contributed by atoms with Crippen molar-refractivity contribution in [1.82, 2.24) is 10.2 Å². The molecule has 0 bridgehead atoms. The van der Waals surface area contributed by atoms with Crippen LogP contribution in [-0.2, 0) is 0 Å². The van der Waals surface area contributed by atoms with Crippen LogP contribution in [0.1, 0.15) is 54.0 Å². The summed E-state index contributed by atoms with van der Waals surface area (Å²) in [5, 5.41) is 3.67. The van der Waals surface area contributed by atoms with Gasteiger partial charge >= 0.3 is 0 Å². The first-order valence-corrected chi connectivity index (χ1v) is 8.40. The Morgan fingerprint density at radius 3 is 2.63 bits per heavy atom. The lowest BCUT2D eigenvalue weighted by atomic mass is 10.1. The highest BCUT2D eigenvalue weighted by molar-refractivity contribution is 7.12. The van der Waals surface area contributed by atoms with E-state index in [9.17, 15) is 0 Å². The first kappa shape index (κ1) is 15.0. The first-order valence-electron chi connectivity index (χ1n) is 7.58. The number of nitrogens with one attached hydrogen (secondary N) is 1. The summed E-state index contributed by atoms with van der Waals surface area (Å²) in [5.74, 6) is 0. The summed E-state index contributed by atoms with van der Waals surface area (Å²) in [4.78, 5) is 5.42. The Morgan fingerprint density at radius 1 is 1.37 bits per heavy atom. The molecule has 0 spiro atoms. The molecule has 1 unspecified atom stereocenters. The molecule has 1 N–H and O–H groups in total. The van der Waals surface area contributed by atoms with Gasteiger partial charge in [0.25, 0.3) is 0 Å². The Kier molecular flexibility index (Phi) is 5.43. The molecule has 1 aliphatic carbocycles. The van der Waals surface area contributed by atoms with Crippen molar-refractivity contribution in [3.63, 3.8) is 0 Å². The molecule has 0 aromatic carbocycles. The molecule has 1 atom stereocenters. The van der Waals surface area contributed by atoms with Gasteiger partial charge in [-0.25, -0.2) is 0 Å². The van der Waals surface area contributed by atoms with Crippen LogP contribution in [0.3, 0.4) is 0 Å². The van der Waals surface area contributed by atoms with Gasteiger partial charge in [0.05, 0.1) is 0 Å². The standard InChI is InChI=1S/C16H28N2S/c1-12-11-16(14(3)19-12)13(2)17-9-10-18(4)15-7-5-6-8-15/h11,13,15,17H,5-10H2,1-4H3. The number of aryl methyl sites for hydroxylation is 2. The third kappa shape index (κ3) is 4.04. The number of thiophene rings is 1. The van der Waals surface area contributed by atoms with E-state index in [0.29, 0.717) is 6.04 Å². The lowest BCUT2D eigenvalue weighted by Crippen LogP contribution is -2.36. The van der Waals surface area contributed by atoms with E-state index >= 15 is 0 Å². The Labute approximate surface area is 122 Å². The van der Waals surface area contributed by atoms with Crippen LogP contribution in [0.4, 0.5) is 0 Å². The maximum absolute atomic E-state index is 3.67. The van der Waals surface area contributed by atoms with Crippen LogP contribution < -0.4 is 5.32 Å². The third-order valence-electron chi connectivity index (χ3n) is 4.41. The normalized spacial score (nSPS) is 18.4.